The highest BCUT2D eigenvalue weighted by atomic mass is 16.5. The van der Waals surface area contributed by atoms with Crippen molar-refractivity contribution in [2.75, 3.05) is 34.4 Å². The second-order valence-electron chi connectivity index (χ2n) is 6.32. The van der Waals surface area contributed by atoms with E-state index >= 15 is 0 Å². The third-order valence-corrected chi connectivity index (χ3v) is 4.01. The molecule has 0 aliphatic rings. The van der Waals surface area contributed by atoms with E-state index in [2.05, 4.69) is 25.8 Å². The molecule has 2 rings (SSSR count). The van der Waals surface area contributed by atoms with E-state index in [0.29, 0.717) is 18.9 Å². The van der Waals surface area contributed by atoms with Crippen LogP contribution in [0.25, 0.3) is 0 Å². The van der Waals surface area contributed by atoms with Gasteiger partial charge in [0.15, 0.2) is 23.3 Å². The van der Waals surface area contributed by atoms with Crippen LogP contribution in [0.5, 0.6) is 11.5 Å². The van der Waals surface area contributed by atoms with Crippen molar-refractivity contribution in [1.29, 1.82) is 0 Å². The third kappa shape index (κ3) is 6.16. The molecule has 1 aromatic heterocycles. The lowest BCUT2D eigenvalue weighted by atomic mass is 10.1. The minimum Gasteiger partial charge on any atom is -0.493 e. The van der Waals surface area contributed by atoms with Gasteiger partial charge in [-0.2, -0.15) is 4.98 Å². The highest BCUT2D eigenvalue weighted by Crippen LogP contribution is 2.27. The zero-order valence-corrected chi connectivity index (χ0v) is 16.7. The number of benzene rings is 1. The van der Waals surface area contributed by atoms with Crippen LogP contribution < -0.4 is 20.1 Å². The van der Waals surface area contributed by atoms with Gasteiger partial charge in [-0.25, -0.2) is 0 Å². The quantitative estimate of drug-likeness (QED) is 0.512. The van der Waals surface area contributed by atoms with Crippen LogP contribution in [0.2, 0.25) is 0 Å². The summed E-state index contributed by atoms with van der Waals surface area (Å²) in [4.78, 5) is 8.59. The maximum atomic E-state index is 5.34. The van der Waals surface area contributed by atoms with E-state index in [1.807, 2.05) is 32.0 Å². The molecule has 8 nitrogen and oxygen atoms in total. The molecule has 0 aliphatic heterocycles. The number of rotatable bonds is 9. The van der Waals surface area contributed by atoms with E-state index in [1.54, 1.807) is 21.3 Å². The van der Waals surface area contributed by atoms with Crippen LogP contribution in [0.1, 0.15) is 37.0 Å². The van der Waals surface area contributed by atoms with E-state index in [-0.39, 0.29) is 5.92 Å². The van der Waals surface area contributed by atoms with Gasteiger partial charge in [0, 0.05) is 32.5 Å². The Hall–Kier alpha value is -2.77. The molecular formula is C19H29N5O3. The Bertz CT molecular complexity index is 743. The van der Waals surface area contributed by atoms with Gasteiger partial charge in [0.2, 0.25) is 5.89 Å². The first-order valence-electron chi connectivity index (χ1n) is 9.05. The number of aromatic nitrogens is 2. The lowest BCUT2D eigenvalue weighted by molar-refractivity contribution is 0.354. The molecule has 0 spiro atoms. The molecule has 0 aliphatic carbocycles. The molecule has 0 atom stereocenters. The van der Waals surface area contributed by atoms with E-state index < -0.39 is 0 Å². The minimum absolute atomic E-state index is 0.265. The van der Waals surface area contributed by atoms with Crippen molar-refractivity contribution >= 4 is 5.96 Å². The Morgan fingerprint density at radius 2 is 1.81 bits per heavy atom. The Labute approximate surface area is 160 Å². The van der Waals surface area contributed by atoms with Crippen molar-refractivity contribution in [3.63, 3.8) is 0 Å². The molecule has 2 aromatic rings. The van der Waals surface area contributed by atoms with E-state index in [0.717, 1.165) is 41.8 Å². The summed E-state index contributed by atoms with van der Waals surface area (Å²) in [6.45, 7) is 5.48. The molecule has 0 amide bonds. The molecule has 148 valence electrons. The molecule has 2 N–H and O–H groups in total. The molecule has 0 fully saturated rings. The summed E-state index contributed by atoms with van der Waals surface area (Å²) >= 11 is 0. The molecule has 0 bridgehead atoms. The topological polar surface area (TPSA) is 93.8 Å². The van der Waals surface area contributed by atoms with E-state index in [4.69, 9.17) is 14.0 Å². The number of methoxy groups -OCH3 is 2. The van der Waals surface area contributed by atoms with Crippen molar-refractivity contribution in [1.82, 2.24) is 20.8 Å². The van der Waals surface area contributed by atoms with Gasteiger partial charge in [-0.15, -0.1) is 0 Å². The van der Waals surface area contributed by atoms with Gasteiger partial charge in [0.25, 0.3) is 0 Å². The first kappa shape index (κ1) is 20.5. The number of guanidine groups is 1. The van der Waals surface area contributed by atoms with Crippen LogP contribution in [0.3, 0.4) is 0 Å². The van der Waals surface area contributed by atoms with Crippen LogP contribution in [-0.4, -0.2) is 50.5 Å². The van der Waals surface area contributed by atoms with Crippen molar-refractivity contribution < 1.29 is 14.0 Å². The molecular weight excluding hydrogens is 346 g/mol. The Morgan fingerprint density at radius 3 is 2.41 bits per heavy atom. The number of nitrogens with one attached hydrogen (secondary N) is 2. The standard InChI is InChI=1S/C19H29N5O3/c1-13(2)18-23-17(27-24-18)9-11-22-19(20-3)21-10-8-14-6-7-15(25-4)16(12-14)26-5/h6-7,12-13H,8-11H2,1-5H3,(H2,20,21,22). The number of nitrogens with zero attached hydrogens (tertiary/aromatic N) is 3. The predicted octanol–water partition coefficient (Wildman–Crippen LogP) is 2.16. The highest BCUT2D eigenvalue weighted by molar-refractivity contribution is 5.79. The molecule has 1 heterocycles. The van der Waals surface area contributed by atoms with Gasteiger partial charge >= 0.3 is 0 Å². The number of ether oxygens (including phenoxy) is 2. The number of aliphatic imine (C=N–C) groups is 1. The van der Waals surface area contributed by atoms with Gasteiger partial charge in [0.1, 0.15) is 0 Å². The number of hydrogen-bond acceptors (Lipinski definition) is 6. The zero-order chi connectivity index (χ0) is 19.6. The normalized spacial score (nSPS) is 11.6. The summed E-state index contributed by atoms with van der Waals surface area (Å²) in [5.41, 5.74) is 1.16. The maximum absolute atomic E-state index is 5.34. The van der Waals surface area contributed by atoms with Crippen molar-refractivity contribution in [2.24, 2.45) is 4.99 Å². The van der Waals surface area contributed by atoms with Gasteiger partial charge in [0.05, 0.1) is 14.2 Å². The SMILES string of the molecule is CN=C(NCCc1ccc(OC)c(OC)c1)NCCc1nc(C(C)C)no1. The maximum Gasteiger partial charge on any atom is 0.228 e. The zero-order valence-electron chi connectivity index (χ0n) is 16.7. The summed E-state index contributed by atoms with van der Waals surface area (Å²) in [6, 6.07) is 5.93. The summed E-state index contributed by atoms with van der Waals surface area (Å²) < 4.78 is 15.8. The van der Waals surface area contributed by atoms with E-state index in [1.165, 1.54) is 0 Å². The van der Waals surface area contributed by atoms with Gasteiger partial charge in [-0.05, 0) is 24.1 Å². The molecule has 1 aromatic carbocycles. The largest absolute Gasteiger partial charge is 0.493 e. The fraction of sp³-hybridized carbons (Fsp3) is 0.526. The summed E-state index contributed by atoms with van der Waals surface area (Å²) in [5.74, 6) is 3.83. The lowest BCUT2D eigenvalue weighted by Gasteiger charge is -2.12. The van der Waals surface area contributed by atoms with Crippen LogP contribution in [0.4, 0.5) is 0 Å². The fourth-order valence-corrected chi connectivity index (χ4v) is 2.47. The molecule has 0 saturated carbocycles. The Morgan fingerprint density at radius 1 is 1.11 bits per heavy atom. The van der Waals surface area contributed by atoms with Gasteiger partial charge < -0.3 is 24.6 Å². The Kier molecular flexibility index (Phi) is 7.91. The molecule has 0 radical (unpaired) electrons. The number of hydrogen-bond donors (Lipinski definition) is 2. The molecule has 27 heavy (non-hydrogen) atoms. The monoisotopic (exact) mass is 375 g/mol. The molecule has 0 unspecified atom stereocenters. The predicted molar refractivity (Wildman–Crippen MR) is 105 cm³/mol. The lowest BCUT2D eigenvalue weighted by Crippen LogP contribution is -2.39. The second-order valence-corrected chi connectivity index (χ2v) is 6.32. The summed E-state index contributed by atoms with van der Waals surface area (Å²) in [6.07, 6.45) is 1.48. The van der Waals surface area contributed by atoms with Crippen molar-refractivity contribution in [2.45, 2.75) is 32.6 Å². The van der Waals surface area contributed by atoms with Crippen LogP contribution in [0, 0.1) is 0 Å². The fourth-order valence-electron chi connectivity index (χ4n) is 2.47. The Balaban J connectivity index is 1.75. The highest BCUT2D eigenvalue weighted by Gasteiger charge is 2.09. The average Bonchev–Trinajstić information content (AvgIpc) is 3.15. The second kappa shape index (κ2) is 10.4. The van der Waals surface area contributed by atoms with Crippen LogP contribution in [-0.2, 0) is 12.8 Å². The van der Waals surface area contributed by atoms with Crippen LogP contribution in [0.15, 0.2) is 27.7 Å². The first-order chi connectivity index (χ1) is 13.1. The molecule has 8 heteroatoms. The molecule has 0 saturated heterocycles. The first-order valence-corrected chi connectivity index (χ1v) is 9.05. The summed E-state index contributed by atoms with van der Waals surface area (Å²) in [7, 11) is 5.02. The average molecular weight is 375 g/mol. The van der Waals surface area contributed by atoms with Gasteiger partial charge in [-0.3, -0.25) is 4.99 Å². The smallest absolute Gasteiger partial charge is 0.228 e. The minimum atomic E-state index is 0.265. The van der Waals surface area contributed by atoms with E-state index in [9.17, 15) is 0 Å². The summed E-state index contributed by atoms with van der Waals surface area (Å²) in [5, 5.41) is 10.5. The third-order valence-electron chi connectivity index (χ3n) is 4.01. The van der Waals surface area contributed by atoms with Crippen molar-refractivity contribution in [3.05, 3.63) is 35.5 Å². The van der Waals surface area contributed by atoms with Crippen molar-refractivity contribution in [3.8, 4) is 11.5 Å². The van der Waals surface area contributed by atoms with Crippen LogP contribution >= 0.6 is 0 Å². The van der Waals surface area contributed by atoms with Gasteiger partial charge in [-0.1, -0.05) is 25.1 Å².